The number of rotatable bonds is 5. The van der Waals surface area contributed by atoms with Gasteiger partial charge in [0.05, 0.1) is 11.4 Å². The molecule has 2 atom stereocenters. The van der Waals surface area contributed by atoms with Crippen molar-refractivity contribution < 1.29 is 9.47 Å². The van der Waals surface area contributed by atoms with Crippen molar-refractivity contribution in [1.29, 1.82) is 10.8 Å². The van der Waals surface area contributed by atoms with Crippen LogP contribution in [0.3, 0.4) is 0 Å². The number of nitrogen functional groups attached to an aromatic ring is 2. The molecule has 22 heavy (non-hydrogen) atoms. The van der Waals surface area contributed by atoms with Crippen molar-refractivity contribution in [3.63, 3.8) is 0 Å². The summed E-state index contributed by atoms with van der Waals surface area (Å²) >= 11 is 0. The van der Waals surface area contributed by atoms with Crippen molar-refractivity contribution in [3.8, 4) is 11.5 Å². The van der Waals surface area contributed by atoms with Gasteiger partial charge in [-0.1, -0.05) is 24.3 Å². The van der Waals surface area contributed by atoms with Crippen molar-refractivity contribution in [2.75, 3.05) is 11.5 Å². The number of diazo groups is 2. The molecular weight excluding hydrogens is 284 g/mol. The second-order valence-corrected chi connectivity index (χ2v) is 4.32. The van der Waals surface area contributed by atoms with Gasteiger partial charge in [0, 0.05) is 0 Å². The first-order chi connectivity index (χ1) is 10.7. The van der Waals surface area contributed by atoms with E-state index >= 15 is 0 Å². The summed E-state index contributed by atoms with van der Waals surface area (Å²) in [6, 6.07) is 13.2. The molecule has 2 unspecified atom stereocenters. The van der Waals surface area contributed by atoms with E-state index in [1.54, 1.807) is 48.5 Å². The largest absolute Gasteiger partial charge is 0.578 e. The van der Waals surface area contributed by atoms with Crippen molar-refractivity contribution in [3.05, 3.63) is 58.5 Å². The first kappa shape index (κ1) is 14.9. The highest BCUT2D eigenvalue weighted by Gasteiger charge is 2.49. The van der Waals surface area contributed by atoms with Crippen LogP contribution in [0.2, 0.25) is 0 Å². The molecular formula is C14H14N6O2+2. The molecule has 0 aliphatic carbocycles. The Kier molecular flexibility index (Phi) is 4.58. The second kappa shape index (κ2) is 6.77. The zero-order valence-electron chi connectivity index (χ0n) is 11.5. The van der Waals surface area contributed by atoms with Crippen LogP contribution in [0.4, 0.5) is 11.4 Å². The Morgan fingerprint density at radius 3 is 1.41 bits per heavy atom. The monoisotopic (exact) mass is 298 g/mol. The summed E-state index contributed by atoms with van der Waals surface area (Å²) in [5.74, 6) is 0.534. The molecule has 0 heterocycles. The first-order valence-corrected chi connectivity index (χ1v) is 6.36. The van der Waals surface area contributed by atoms with Gasteiger partial charge in [-0.3, -0.25) is 0 Å². The average molecular weight is 298 g/mol. The van der Waals surface area contributed by atoms with E-state index in [-0.39, 0.29) is 11.5 Å². The smallest absolute Gasteiger partial charge is 0.407 e. The van der Waals surface area contributed by atoms with Crippen molar-refractivity contribution in [2.45, 2.75) is 12.5 Å². The van der Waals surface area contributed by atoms with Crippen LogP contribution in [-0.2, 0) is 0 Å². The number of benzene rings is 2. The van der Waals surface area contributed by atoms with E-state index in [0.717, 1.165) is 0 Å². The van der Waals surface area contributed by atoms with Gasteiger partial charge in [-0.2, -0.15) is 0 Å². The summed E-state index contributed by atoms with van der Waals surface area (Å²) in [4.78, 5) is 6.05. The van der Waals surface area contributed by atoms with Gasteiger partial charge in [-0.15, -0.1) is 0 Å². The maximum atomic E-state index is 9.10. The summed E-state index contributed by atoms with van der Waals surface area (Å²) in [7, 11) is 0. The quantitative estimate of drug-likeness (QED) is 0.645. The third-order valence-corrected chi connectivity index (χ3v) is 2.81. The minimum absolute atomic E-state index is 0.267. The van der Waals surface area contributed by atoms with Crippen molar-refractivity contribution in [2.24, 2.45) is 0 Å². The molecule has 110 valence electrons. The molecule has 2 aromatic carbocycles. The highest BCUT2D eigenvalue weighted by Crippen LogP contribution is 2.26. The van der Waals surface area contributed by atoms with Gasteiger partial charge in [-0.25, -0.2) is 0 Å². The van der Waals surface area contributed by atoms with Crippen LogP contribution in [-0.4, -0.2) is 12.5 Å². The summed E-state index contributed by atoms with van der Waals surface area (Å²) < 4.78 is 10.8. The minimum Gasteiger partial charge on any atom is -0.407 e. The van der Waals surface area contributed by atoms with Gasteiger partial charge >= 0.3 is 12.5 Å². The molecule has 0 spiro atoms. The van der Waals surface area contributed by atoms with E-state index in [4.69, 9.17) is 31.7 Å². The highest BCUT2D eigenvalue weighted by molar-refractivity contribution is 5.53. The lowest BCUT2D eigenvalue weighted by Crippen LogP contribution is -2.31. The average Bonchev–Trinajstić information content (AvgIpc) is 2.54. The maximum absolute atomic E-state index is 9.10. The zero-order valence-corrected chi connectivity index (χ0v) is 11.5. The standard InChI is InChI=1S/C14H14N6O2/c15-9-5-1-3-7-11(9)21-13(19-17)14(20-18)22-12-8-4-2-6-10(12)16/h1-8,13-14H,15-16H2/q+2. The van der Waals surface area contributed by atoms with E-state index in [1.165, 1.54) is 0 Å². The molecule has 0 radical (unpaired) electrons. The number of hydrogen-bond acceptors (Lipinski definition) is 6. The van der Waals surface area contributed by atoms with Gasteiger partial charge in [0.25, 0.3) is 0 Å². The summed E-state index contributed by atoms with van der Waals surface area (Å²) in [5, 5.41) is 18.2. The van der Waals surface area contributed by atoms with Gasteiger partial charge in [-0.05, 0) is 24.3 Å². The number of ether oxygens (including phenoxy) is 2. The minimum atomic E-state index is -1.32. The number of para-hydroxylation sites is 4. The van der Waals surface area contributed by atoms with E-state index in [0.29, 0.717) is 11.4 Å². The van der Waals surface area contributed by atoms with Crippen LogP contribution >= 0.6 is 0 Å². The van der Waals surface area contributed by atoms with Gasteiger partial charge in [0.1, 0.15) is 0 Å². The Morgan fingerprint density at radius 2 is 1.09 bits per heavy atom. The normalized spacial score (nSPS) is 12.5. The van der Waals surface area contributed by atoms with Crippen molar-refractivity contribution >= 4 is 11.4 Å². The maximum Gasteiger partial charge on any atom is 0.578 e. The molecule has 0 aliphatic heterocycles. The van der Waals surface area contributed by atoms with E-state index < -0.39 is 12.5 Å². The lowest BCUT2D eigenvalue weighted by Gasteiger charge is -2.08. The first-order valence-electron chi connectivity index (χ1n) is 6.36. The highest BCUT2D eigenvalue weighted by atomic mass is 16.6. The molecule has 0 saturated heterocycles. The fourth-order valence-corrected chi connectivity index (χ4v) is 1.71. The zero-order chi connectivity index (χ0) is 15.9. The van der Waals surface area contributed by atoms with Crippen LogP contribution < -0.4 is 20.9 Å². The van der Waals surface area contributed by atoms with Crippen LogP contribution in [0.15, 0.2) is 48.5 Å². The number of anilines is 2. The summed E-state index contributed by atoms with van der Waals surface area (Å²) in [6.45, 7) is 0. The molecule has 0 aliphatic rings. The Morgan fingerprint density at radius 1 is 0.727 bits per heavy atom. The van der Waals surface area contributed by atoms with Crippen LogP contribution in [0.5, 0.6) is 11.5 Å². The molecule has 0 saturated carbocycles. The predicted molar refractivity (Wildman–Crippen MR) is 80.7 cm³/mol. The van der Waals surface area contributed by atoms with Crippen LogP contribution in [0.25, 0.3) is 9.95 Å². The van der Waals surface area contributed by atoms with Gasteiger partial charge in [0.2, 0.25) is 10.8 Å². The van der Waals surface area contributed by atoms with Crippen LogP contribution in [0.1, 0.15) is 0 Å². The van der Waals surface area contributed by atoms with Gasteiger partial charge in [0.15, 0.2) is 21.5 Å². The fraction of sp³-hybridized carbons (Fsp3) is 0.143. The Labute approximate surface area is 126 Å². The van der Waals surface area contributed by atoms with Crippen molar-refractivity contribution in [1.82, 2.24) is 0 Å². The summed E-state index contributed by atoms with van der Waals surface area (Å²) in [5.41, 5.74) is 12.2. The number of hydrogen-bond donors (Lipinski definition) is 2. The van der Waals surface area contributed by atoms with E-state index in [2.05, 4.69) is 9.95 Å². The molecule has 0 bridgehead atoms. The predicted octanol–water partition coefficient (Wildman–Crippen LogP) is 2.67. The summed E-state index contributed by atoms with van der Waals surface area (Å²) in [6.07, 6.45) is -2.65. The molecule has 8 nitrogen and oxygen atoms in total. The molecule has 2 rings (SSSR count). The third kappa shape index (κ3) is 3.32. The Bertz CT molecular complexity index is 673. The number of nitrogens with zero attached hydrogens (tertiary/aromatic N) is 4. The molecule has 0 amide bonds. The molecule has 2 aromatic rings. The molecule has 8 heteroatoms. The van der Waals surface area contributed by atoms with Crippen LogP contribution in [0, 0.1) is 10.8 Å². The molecule has 0 fully saturated rings. The fourth-order valence-electron chi connectivity index (χ4n) is 1.71. The Balaban J connectivity index is 2.18. The van der Waals surface area contributed by atoms with E-state index in [9.17, 15) is 0 Å². The molecule has 4 N–H and O–H groups in total. The lowest BCUT2D eigenvalue weighted by atomic mass is 10.3. The van der Waals surface area contributed by atoms with E-state index in [1.807, 2.05) is 0 Å². The Hall–Kier alpha value is -3.52. The lowest BCUT2D eigenvalue weighted by molar-refractivity contribution is 0.109. The topological polar surface area (TPSA) is 127 Å². The second-order valence-electron chi connectivity index (χ2n) is 4.32. The van der Waals surface area contributed by atoms with Gasteiger partial charge < -0.3 is 20.9 Å². The molecule has 0 aromatic heterocycles. The SMILES string of the molecule is N#[N+]C(Oc1ccccc1N)C([N+]#N)Oc1ccccc1N. The third-order valence-electron chi connectivity index (χ3n) is 2.81. The number of nitrogens with two attached hydrogens (primary N) is 2.